The highest BCUT2D eigenvalue weighted by Crippen LogP contribution is 2.33. The summed E-state index contributed by atoms with van der Waals surface area (Å²) < 4.78 is 20.9. The molecule has 1 aromatic heterocycles. The number of hydrogen-bond donors (Lipinski definition) is 1. The molecule has 0 aliphatic carbocycles. The minimum Gasteiger partial charge on any atom is -0.495 e. The number of piperazine rings is 1. The number of rotatable bonds is 17. The van der Waals surface area contributed by atoms with Gasteiger partial charge in [0, 0.05) is 50.6 Å². The summed E-state index contributed by atoms with van der Waals surface area (Å²) in [5.41, 5.74) is 3.82. The monoisotopic (exact) mass is 893 g/mol. The molecule has 1 aliphatic heterocycles. The standard InChI is InChI=1S/C52H61N6O6Si/c1-37-25-28-43(46(34-37)63-33-16-10-15-24-47(59)57-31-29-55(5)30-32-57)56(6)50(61)38-26-27-42(45(35-38)62-7)53-49(60)41-22-17-23-44-48(41)54-51(52(2,3)4)58(44)36-64-65(39-18-11-8-12-19-39)40-20-13-9-14-21-40/h8-9,11-14,17-23,25-28,34-35H,10,15-16,24,29-33,36H2,1-7H3,(H,53,60). The molecular formula is C52H61N6O6Si. The number of para-hydroxylation sites is 1. The summed E-state index contributed by atoms with van der Waals surface area (Å²) in [5, 5.41) is 5.30. The third-order valence-corrected chi connectivity index (χ3v) is 13.9. The van der Waals surface area contributed by atoms with Gasteiger partial charge in [-0.15, -0.1) is 0 Å². The predicted molar refractivity (Wildman–Crippen MR) is 260 cm³/mol. The van der Waals surface area contributed by atoms with Crippen molar-refractivity contribution in [2.45, 2.75) is 65.5 Å². The van der Waals surface area contributed by atoms with Gasteiger partial charge in [-0.3, -0.25) is 14.4 Å². The second-order valence-electron chi connectivity index (χ2n) is 17.7. The fraction of sp³-hybridized carbons (Fsp3) is 0.346. The zero-order valence-corrected chi connectivity index (χ0v) is 39.7. The van der Waals surface area contributed by atoms with Gasteiger partial charge in [-0.25, -0.2) is 4.98 Å². The van der Waals surface area contributed by atoms with Crippen LogP contribution in [0.4, 0.5) is 11.4 Å². The normalized spacial score (nSPS) is 13.3. The molecule has 13 heteroatoms. The molecule has 0 unspecified atom stereocenters. The summed E-state index contributed by atoms with van der Waals surface area (Å²) in [7, 11) is 3.70. The van der Waals surface area contributed by atoms with Crippen LogP contribution in [-0.2, 0) is 21.4 Å². The minimum absolute atomic E-state index is 0.225. The average Bonchev–Trinajstić information content (AvgIpc) is 3.70. The molecule has 339 valence electrons. The number of amides is 3. The molecule has 2 heterocycles. The maximum Gasteiger partial charge on any atom is 0.284 e. The zero-order chi connectivity index (χ0) is 46.1. The number of carbonyl (C=O) groups is 3. The van der Waals surface area contributed by atoms with Crippen molar-refractivity contribution in [2.75, 3.05) is 64.2 Å². The highest BCUT2D eigenvalue weighted by atomic mass is 28.3. The van der Waals surface area contributed by atoms with E-state index in [1.54, 1.807) is 36.2 Å². The lowest BCUT2D eigenvalue weighted by Crippen LogP contribution is -2.47. The lowest BCUT2D eigenvalue weighted by Gasteiger charge is -2.32. The van der Waals surface area contributed by atoms with Gasteiger partial charge in [0.05, 0.1) is 36.2 Å². The number of fused-ring (bicyclic) bond motifs is 1. The molecule has 1 fully saturated rings. The van der Waals surface area contributed by atoms with Crippen LogP contribution >= 0.6 is 0 Å². The molecular weight excluding hydrogens is 833 g/mol. The van der Waals surface area contributed by atoms with E-state index >= 15 is 0 Å². The van der Waals surface area contributed by atoms with E-state index in [1.807, 2.05) is 78.6 Å². The maximum atomic E-state index is 14.2. The van der Waals surface area contributed by atoms with Crippen LogP contribution in [0.5, 0.6) is 11.5 Å². The van der Waals surface area contributed by atoms with Crippen molar-refractivity contribution in [2.24, 2.45) is 0 Å². The smallest absolute Gasteiger partial charge is 0.284 e. The number of anilines is 2. The van der Waals surface area contributed by atoms with Crippen LogP contribution in [0, 0.1) is 6.92 Å². The fourth-order valence-corrected chi connectivity index (χ4v) is 9.98. The van der Waals surface area contributed by atoms with Crippen LogP contribution in [0.15, 0.2) is 115 Å². The lowest BCUT2D eigenvalue weighted by molar-refractivity contribution is -0.132. The van der Waals surface area contributed by atoms with E-state index in [0.29, 0.717) is 52.5 Å². The van der Waals surface area contributed by atoms with E-state index in [-0.39, 0.29) is 29.9 Å². The Morgan fingerprint density at radius 1 is 0.800 bits per heavy atom. The minimum atomic E-state index is -1.61. The number of aromatic nitrogens is 2. The number of carbonyl (C=O) groups excluding carboxylic acids is 3. The predicted octanol–water partition coefficient (Wildman–Crippen LogP) is 7.67. The molecule has 3 amide bonds. The molecule has 1 saturated heterocycles. The van der Waals surface area contributed by atoms with E-state index in [2.05, 4.69) is 66.9 Å². The SMILES string of the molecule is COc1cc(C(=O)N(C)c2ccc(C)cc2OCCCCCC(=O)N2CCN(C)CC2)ccc1NC(=O)c1cccc2c1nc(C(C)(C)C)n2CO[Si](c1ccccc1)c1ccccc1. The van der Waals surface area contributed by atoms with Gasteiger partial charge in [-0.1, -0.05) is 93.6 Å². The largest absolute Gasteiger partial charge is 0.495 e. The van der Waals surface area contributed by atoms with Crippen molar-refractivity contribution in [3.05, 3.63) is 138 Å². The van der Waals surface area contributed by atoms with E-state index in [1.165, 1.54) is 7.11 Å². The number of ether oxygens (including phenoxy) is 2. The molecule has 12 nitrogen and oxygen atoms in total. The van der Waals surface area contributed by atoms with E-state index in [9.17, 15) is 14.4 Å². The Morgan fingerprint density at radius 3 is 2.15 bits per heavy atom. The number of aryl methyl sites for hydroxylation is 1. The van der Waals surface area contributed by atoms with Crippen molar-refractivity contribution < 1.29 is 28.3 Å². The number of hydrogen-bond acceptors (Lipinski definition) is 8. The van der Waals surface area contributed by atoms with Crippen LogP contribution in [0.25, 0.3) is 11.0 Å². The maximum absolute atomic E-state index is 14.2. The molecule has 5 aromatic carbocycles. The number of nitrogens with one attached hydrogen (secondary N) is 1. The molecule has 7 rings (SSSR count). The summed E-state index contributed by atoms with van der Waals surface area (Å²) in [6, 6.07) is 36.9. The third-order valence-electron chi connectivity index (χ3n) is 11.7. The van der Waals surface area contributed by atoms with Gasteiger partial charge in [0.15, 0.2) is 0 Å². The first kappa shape index (κ1) is 46.7. The van der Waals surface area contributed by atoms with Gasteiger partial charge in [0.1, 0.15) is 29.6 Å². The van der Waals surface area contributed by atoms with Crippen molar-refractivity contribution in [3.63, 3.8) is 0 Å². The van der Waals surface area contributed by atoms with Gasteiger partial charge in [-0.05, 0) is 91.6 Å². The molecule has 1 aliphatic rings. The molecule has 1 N–H and O–H groups in total. The third kappa shape index (κ3) is 11.3. The molecule has 0 spiro atoms. The van der Waals surface area contributed by atoms with Crippen molar-refractivity contribution >= 4 is 59.5 Å². The molecule has 1 radical (unpaired) electrons. The summed E-state index contributed by atoms with van der Waals surface area (Å²) >= 11 is 0. The zero-order valence-electron chi connectivity index (χ0n) is 38.7. The molecule has 0 atom stereocenters. The van der Waals surface area contributed by atoms with E-state index in [4.69, 9.17) is 18.9 Å². The molecule has 0 saturated carbocycles. The quantitative estimate of drug-likeness (QED) is 0.0733. The topological polar surface area (TPSA) is 118 Å². The number of unbranched alkanes of at least 4 members (excludes halogenated alkanes) is 2. The summed E-state index contributed by atoms with van der Waals surface area (Å²) in [5.74, 6) is 1.33. The summed E-state index contributed by atoms with van der Waals surface area (Å²) in [6.07, 6.45) is 3.02. The van der Waals surface area contributed by atoms with Crippen LogP contribution < -0.4 is 30.1 Å². The number of likely N-dealkylation sites (N-methyl/N-ethyl adjacent to an activating group) is 1. The van der Waals surface area contributed by atoms with Crippen molar-refractivity contribution in [1.82, 2.24) is 19.4 Å². The van der Waals surface area contributed by atoms with Crippen LogP contribution in [0.1, 0.15) is 78.6 Å². The Bertz CT molecular complexity index is 2550. The number of imidazole rings is 1. The first-order chi connectivity index (χ1) is 31.3. The van der Waals surface area contributed by atoms with E-state index in [0.717, 1.165) is 72.7 Å². The van der Waals surface area contributed by atoms with E-state index < -0.39 is 9.04 Å². The van der Waals surface area contributed by atoms with Gasteiger partial charge in [0.2, 0.25) is 5.91 Å². The van der Waals surface area contributed by atoms with Crippen molar-refractivity contribution in [1.29, 1.82) is 0 Å². The first-order valence-electron chi connectivity index (χ1n) is 22.4. The highest BCUT2D eigenvalue weighted by molar-refractivity contribution is 6.80. The van der Waals surface area contributed by atoms with Gasteiger partial charge in [-0.2, -0.15) is 0 Å². The second kappa shape index (κ2) is 21.1. The Hall–Kier alpha value is -6.28. The van der Waals surface area contributed by atoms with Gasteiger partial charge < -0.3 is 38.5 Å². The Morgan fingerprint density at radius 2 is 1.49 bits per heavy atom. The molecule has 6 aromatic rings. The van der Waals surface area contributed by atoms with Crippen LogP contribution in [0.2, 0.25) is 0 Å². The van der Waals surface area contributed by atoms with Crippen LogP contribution in [-0.4, -0.2) is 100 Å². The van der Waals surface area contributed by atoms with Crippen LogP contribution in [0.3, 0.4) is 0 Å². The Labute approximate surface area is 384 Å². The summed E-state index contributed by atoms with van der Waals surface area (Å²) in [6.45, 7) is 12.4. The molecule has 65 heavy (non-hydrogen) atoms. The first-order valence-corrected chi connectivity index (χ1v) is 23.8. The van der Waals surface area contributed by atoms with Gasteiger partial charge in [0.25, 0.3) is 20.9 Å². The Kier molecular flexibility index (Phi) is 15.2. The molecule has 0 bridgehead atoms. The average molecular weight is 894 g/mol. The second-order valence-corrected chi connectivity index (χ2v) is 19.8. The highest BCUT2D eigenvalue weighted by Gasteiger charge is 2.28. The number of nitrogens with zero attached hydrogens (tertiary/aromatic N) is 5. The summed E-state index contributed by atoms with van der Waals surface area (Å²) in [4.78, 5) is 51.7. The fourth-order valence-electron chi connectivity index (χ4n) is 8.06. The lowest BCUT2D eigenvalue weighted by atomic mass is 9.96. The van der Waals surface area contributed by atoms with Crippen molar-refractivity contribution in [3.8, 4) is 11.5 Å². The van der Waals surface area contributed by atoms with Gasteiger partial charge >= 0.3 is 0 Å². The number of benzene rings is 5. The number of methoxy groups -OCH3 is 1. The Balaban J connectivity index is 1.03.